The Morgan fingerprint density at radius 1 is 1.08 bits per heavy atom. The number of hydrogen-bond acceptors (Lipinski definition) is 4. The number of carbonyl (C=O) groups is 1. The topological polar surface area (TPSA) is 50.8 Å². The highest BCUT2D eigenvalue weighted by molar-refractivity contribution is 5.97. The highest BCUT2D eigenvalue weighted by atomic mass is 16.5. The predicted molar refractivity (Wildman–Crippen MR) is 95.0 cm³/mol. The van der Waals surface area contributed by atoms with Crippen molar-refractivity contribution in [2.24, 2.45) is 0 Å². The molecule has 2 aromatic carbocycles. The van der Waals surface area contributed by atoms with Gasteiger partial charge in [-0.05, 0) is 51.3 Å². The molecule has 0 radical (unpaired) electrons. The molecule has 0 saturated heterocycles. The molecule has 0 fully saturated rings. The van der Waals surface area contributed by atoms with Crippen LogP contribution in [0, 0.1) is 0 Å². The summed E-state index contributed by atoms with van der Waals surface area (Å²) in [4.78, 5) is 14.4. The zero-order valence-electron chi connectivity index (χ0n) is 14.4. The standard InChI is InChI=1S/C19H24N2O3/c1-21(2)13-7-12-20-19(22)17-11-10-16(14-18(17)23-3)24-15-8-5-4-6-9-15/h4-6,8-11,14H,7,12-13H2,1-3H3,(H,20,22). The van der Waals surface area contributed by atoms with Gasteiger partial charge in [0.05, 0.1) is 12.7 Å². The molecule has 1 amide bonds. The number of nitrogens with one attached hydrogen (secondary N) is 1. The smallest absolute Gasteiger partial charge is 0.255 e. The van der Waals surface area contributed by atoms with E-state index in [1.165, 1.54) is 0 Å². The van der Waals surface area contributed by atoms with E-state index < -0.39 is 0 Å². The van der Waals surface area contributed by atoms with Gasteiger partial charge in [-0.1, -0.05) is 18.2 Å². The zero-order chi connectivity index (χ0) is 17.4. The Balaban J connectivity index is 2.01. The first-order valence-electron chi connectivity index (χ1n) is 7.94. The highest BCUT2D eigenvalue weighted by Crippen LogP contribution is 2.28. The molecule has 0 atom stereocenters. The number of hydrogen-bond donors (Lipinski definition) is 1. The fourth-order valence-electron chi connectivity index (χ4n) is 2.24. The molecule has 0 heterocycles. The number of benzene rings is 2. The summed E-state index contributed by atoms with van der Waals surface area (Å²) in [6.07, 6.45) is 0.899. The van der Waals surface area contributed by atoms with Crippen LogP contribution in [0.3, 0.4) is 0 Å². The van der Waals surface area contributed by atoms with Gasteiger partial charge in [-0.3, -0.25) is 4.79 Å². The van der Waals surface area contributed by atoms with Crippen LogP contribution in [0.2, 0.25) is 0 Å². The van der Waals surface area contributed by atoms with E-state index in [9.17, 15) is 4.79 Å². The van der Waals surface area contributed by atoms with Crippen molar-refractivity contribution in [3.05, 3.63) is 54.1 Å². The van der Waals surface area contributed by atoms with Crippen molar-refractivity contribution in [3.63, 3.8) is 0 Å². The second-order valence-corrected chi connectivity index (χ2v) is 5.69. The van der Waals surface area contributed by atoms with Crippen molar-refractivity contribution in [2.45, 2.75) is 6.42 Å². The molecule has 0 saturated carbocycles. The number of carbonyl (C=O) groups excluding carboxylic acids is 1. The normalized spacial score (nSPS) is 10.5. The summed E-state index contributed by atoms with van der Waals surface area (Å²) < 4.78 is 11.1. The third kappa shape index (κ3) is 5.28. The van der Waals surface area contributed by atoms with E-state index in [-0.39, 0.29) is 5.91 Å². The summed E-state index contributed by atoms with van der Waals surface area (Å²) in [5.74, 6) is 1.72. The van der Waals surface area contributed by atoms with Crippen LogP contribution in [-0.4, -0.2) is 45.1 Å². The van der Waals surface area contributed by atoms with E-state index in [2.05, 4.69) is 10.2 Å². The molecular weight excluding hydrogens is 304 g/mol. The van der Waals surface area contributed by atoms with E-state index in [1.807, 2.05) is 44.4 Å². The molecule has 0 aliphatic carbocycles. The maximum atomic E-state index is 12.3. The number of nitrogens with zero attached hydrogens (tertiary/aromatic N) is 1. The van der Waals surface area contributed by atoms with Gasteiger partial charge in [-0.2, -0.15) is 0 Å². The first kappa shape index (κ1) is 17.8. The van der Waals surface area contributed by atoms with Gasteiger partial charge in [0.2, 0.25) is 0 Å². The van der Waals surface area contributed by atoms with Crippen LogP contribution in [0.1, 0.15) is 16.8 Å². The van der Waals surface area contributed by atoms with E-state index in [1.54, 1.807) is 25.3 Å². The third-order valence-electron chi connectivity index (χ3n) is 3.46. The Morgan fingerprint density at radius 3 is 2.50 bits per heavy atom. The molecule has 0 bridgehead atoms. The van der Waals surface area contributed by atoms with Gasteiger partial charge < -0.3 is 19.7 Å². The average molecular weight is 328 g/mol. The van der Waals surface area contributed by atoms with Crippen molar-refractivity contribution >= 4 is 5.91 Å². The summed E-state index contributed by atoms with van der Waals surface area (Å²) in [7, 11) is 5.57. The van der Waals surface area contributed by atoms with Gasteiger partial charge >= 0.3 is 0 Å². The Bertz CT molecular complexity index is 657. The van der Waals surface area contributed by atoms with Crippen molar-refractivity contribution in [3.8, 4) is 17.2 Å². The second kappa shape index (κ2) is 8.93. The fraction of sp³-hybridized carbons (Fsp3) is 0.316. The highest BCUT2D eigenvalue weighted by Gasteiger charge is 2.13. The minimum atomic E-state index is -0.142. The molecule has 2 aromatic rings. The average Bonchev–Trinajstić information content (AvgIpc) is 2.59. The van der Waals surface area contributed by atoms with Gasteiger partial charge in [0.25, 0.3) is 5.91 Å². The van der Waals surface area contributed by atoms with Crippen LogP contribution >= 0.6 is 0 Å². The molecule has 1 N–H and O–H groups in total. The lowest BCUT2D eigenvalue weighted by atomic mass is 10.1. The number of ether oxygens (including phenoxy) is 2. The zero-order valence-corrected chi connectivity index (χ0v) is 14.4. The first-order valence-corrected chi connectivity index (χ1v) is 7.94. The van der Waals surface area contributed by atoms with Gasteiger partial charge in [0, 0.05) is 12.6 Å². The Morgan fingerprint density at radius 2 is 1.83 bits per heavy atom. The third-order valence-corrected chi connectivity index (χ3v) is 3.46. The number of rotatable bonds is 8. The van der Waals surface area contributed by atoms with Gasteiger partial charge in [-0.15, -0.1) is 0 Å². The molecule has 128 valence electrons. The van der Waals surface area contributed by atoms with Crippen molar-refractivity contribution in [2.75, 3.05) is 34.3 Å². The summed E-state index contributed by atoms with van der Waals surface area (Å²) in [6.45, 7) is 1.56. The summed E-state index contributed by atoms with van der Waals surface area (Å²) in [5.41, 5.74) is 0.503. The van der Waals surface area contributed by atoms with Gasteiger partial charge in [0.15, 0.2) is 0 Å². The van der Waals surface area contributed by atoms with Crippen molar-refractivity contribution in [1.29, 1.82) is 0 Å². The summed E-state index contributed by atoms with van der Waals surface area (Å²) >= 11 is 0. The number of methoxy groups -OCH3 is 1. The van der Waals surface area contributed by atoms with Crippen molar-refractivity contribution < 1.29 is 14.3 Å². The van der Waals surface area contributed by atoms with Crippen LogP contribution in [0.25, 0.3) is 0 Å². The molecule has 0 aromatic heterocycles. The van der Waals surface area contributed by atoms with Crippen LogP contribution in [0.5, 0.6) is 17.2 Å². The van der Waals surface area contributed by atoms with Gasteiger partial charge in [-0.25, -0.2) is 0 Å². The lowest BCUT2D eigenvalue weighted by Gasteiger charge is -2.13. The van der Waals surface area contributed by atoms with Crippen LogP contribution in [0.4, 0.5) is 0 Å². The maximum absolute atomic E-state index is 12.3. The predicted octanol–water partition coefficient (Wildman–Crippen LogP) is 3.17. The van der Waals surface area contributed by atoms with E-state index in [4.69, 9.17) is 9.47 Å². The van der Waals surface area contributed by atoms with Gasteiger partial charge in [0.1, 0.15) is 17.2 Å². The minimum absolute atomic E-state index is 0.142. The first-order chi connectivity index (χ1) is 11.6. The largest absolute Gasteiger partial charge is 0.496 e. The molecule has 0 unspecified atom stereocenters. The second-order valence-electron chi connectivity index (χ2n) is 5.69. The van der Waals surface area contributed by atoms with Crippen LogP contribution < -0.4 is 14.8 Å². The molecule has 5 nitrogen and oxygen atoms in total. The molecule has 24 heavy (non-hydrogen) atoms. The van der Waals surface area contributed by atoms with Crippen LogP contribution in [0.15, 0.2) is 48.5 Å². The summed E-state index contributed by atoms with van der Waals surface area (Å²) in [5, 5.41) is 2.91. The molecule has 0 aliphatic heterocycles. The van der Waals surface area contributed by atoms with E-state index in [0.717, 1.165) is 18.7 Å². The SMILES string of the molecule is COc1cc(Oc2ccccc2)ccc1C(=O)NCCCN(C)C. The molecule has 0 spiro atoms. The molecule has 0 aliphatic rings. The van der Waals surface area contributed by atoms with E-state index in [0.29, 0.717) is 23.6 Å². The Kier molecular flexibility index (Phi) is 6.63. The lowest BCUT2D eigenvalue weighted by Crippen LogP contribution is -2.27. The Labute approximate surface area is 143 Å². The number of amides is 1. The monoisotopic (exact) mass is 328 g/mol. The quantitative estimate of drug-likeness (QED) is 0.756. The minimum Gasteiger partial charge on any atom is -0.496 e. The van der Waals surface area contributed by atoms with Crippen molar-refractivity contribution in [1.82, 2.24) is 10.2 Å². The number of para-hydroxylation sites is 1. The Hall–Kier alpha value is -2.53. The van der Waals surface area contributed by atoms with E-state index >= 15 is 0 Å². The lowest BCUT2D eigenvalue weighted by molar-refractivity contribution is 0.0949. The summed E-state index contributed by atoms with van der Waals surface area (Å²) in [6, 6.07) is 14.7. The molecular formula is C19H24N2O3. The maximum Gasteiger partial charge on any atom is 0.255 e. The molecule has 2 rings (SSSR count). The fourth-order valence-corrected chi connectivity index (χ4v) is 2.24. The molecule has 5 heteroatoms. The van der Waals surface area contributed by atoms with Crippen LogP contribution in [-0.2, 0) is 0 Å².